The molecule has 2 aliphatic rings. The Hall–Kier alpha value is -2.88. The van der Waals surface area contributed by atoms with Crippen LogP contribution in [0.4, 0.5) is 11.4 Å². The molecule has 1 aliphatic heterocycles. The van der Waals surface area contributed by atoms with Crippen molar-refractivity contribution in [1.29, 1.82) is 0 Å². The van der Waals surface area contributed by atoms with Crippen LogP contribution in [0.1, 0.15) is 25.6 Å². The Bertz CT molecular complexity index is 1160. The van der Waals surface area contributed by atoms with Crippen LogP contribution in [0.25, 0.3) is 16.7 Å². The van der Waals surface area contributed by atoms with E-state index in [1.165, 1.54) is 12.8 Å². The molecule has 1 unspecified atom stereocenters. The highest BCUT2D eigenvalue weighted by atomic mass is 32.2. The predicted octanol–water partition coefficient (Wildman–Crippen LogP) is 5.26. The zero-order valence-corrected chi connectivity index (χ0v) is 19.1. The van der Waals surface area contributed by atoms with E-state index >= 15 is 0 Å². The third-order valence-electron chi connectivity index (χ3n) is 6.16. The highest BCUT2D eigenvalue weighted by Gasteiger charge is 2.16. The number of nitrogens with one attached hydrogen (secondary N) is 1. The van der Waals surface area contributed by atoms with Gasteiger partial charge in [0.05, 0.1) is 24.2 Å². The largest absolute Gasteiger partial charge is 0.378 e. The van der Waals surface area contributed by atoms with Crippen LogP contribution < -0.4 is 9.62 Å². The minimum atomic E-state index is 0.525. The van der Waals surface area contributed by atoms with Gasteiger partial charge in [0, 0.05) is 35.4 Å². The van der Waals surface area contributed by atoms with Gasteiger partial charge in [-0.3, -0.25) is 4.57 Å². The van der Waals surface area contributed by atoms with Crippen LogP contribution in [0.5, 0.6) is 0 Å². The number of fused-ring (bicyclic) bond motifs is 1. The van der Waals surface area contributed by atoms with Crippen LogP contribution in [0, 0.1) is 18.3 Å². The van der Waals surface area contributed by atoms with Crippen LogP contribution in [0.3, 0.4) is 0 Å². The fraction of sp³-hybridized carbons (Fsp3) is 0.346. The van der Waals surface area contributed by atoms with Crippen molar-refractivity contribution >= 4 is 34.4 Å². The van der Waals surface area contributed by atoms with E-state index in [9.17, 15) is 0 Å². The number of anilines is 2. The molecule has 0 spiro atoms. The van der Waals surface area contributed by atoms with Gasteiger partial charge in [0.1, 0.15) is 0 Å². The second-order valence-corrected chi connectivity index (χ2v) is 9.48. The summed E-state index contributed by atoms with van der Waals surface area (Å²) >= 11 is 1.78. The first-order chi connectivity index (χ1) is 15.7. The summed E-state index contributed by atoms with van der Waals surface area (Å²) in [6.45, 7) is 5.60. The van der Waals surface area contributed by atoms with Crippen molar-refractivity contribution in [3.63, 3.8) is 0 Å². The quantitative estimate of drug-likeness (QED) is 0.330. The van der Waals surface area contributed by atoms with Gasteiger partial charge in [0.25, 0.3) is 0 Å². The smallest absolute Gasteiger partial charge is 0.190 e. The Kier molecular flexibility index (Phi) is 6.11. The van der Waals surface area contributed by atoms with Gasteiger partial charge >= 0.3 is 0 Å². The van der Waals surface area contributed by atoms with E-state index in [4.69, 9.17) is 16.1 Å². The summed E-state index contributed by atoms with van der Waals surface area (Å²) in [6.07, 6.45) is 12.9. The molecule has 0 amide bonds. The van der Waals surface area contributed by atoms with Gasteiger partial charge in [-0.15, -0.1) is 6.42 Å². The molecule has 5 rings (SSSR count). The maximum atomic E-state index is 5.82. The lowest BCUT2D eigenvalue weighted by molar-refractivity contribution is 0.122. The summed E-state index contributed by atoms with van der Waals surface area (Å²) in [4.78, 5) is 7.06. The van der Waals surface area contributed by atoms with Crippen molar-refractivity contribution in [1.82, 2.24) is 9.55 Å². The first kappa shape index (κ1) is 21.0. The van der Waals surface area contributed by atoms with E-state index in [-0.39, 0.29) is 0 Å². The molecule has 1 aromatic heterocycles. The van der Waals surface area contributed by atoms with Crippen LogP contribution in [-0.2, 0) is 4.74 Å². The number of ether oxygens (including phenoxy) is 1. The summed E-state index contributed by atoms with van der Waals surface area (Å²) in [7, 11) is 0. The summed E-state index contributed by atoms with van der Waals surface area (Å²) in [5.74, 6) is 4.08. The van der Waals surface area contributed by atoms with Gasteiger partial charge in [-0.2, -0.15) is 0 Å². The molecule has 0 bridgehead atoms. The number of aromatic nitrogens is 2. The Morgan fingerprint density at radius 1 is 1.06 bits per heavy atom. The van der Waals surface area contributed by atoms with Crippen molar-refractivity contribution in [3.05, 3.63) is 60.4 Å². The van der Waals surface area contributed by atoms with E-state index < -0.39 is 0 Å². The van der Waals surface area contributed by atoms with E-state index in [0.29, 0.717) is 17.0 Å². The molecule has 1 aliphatic carbocycles. The molecule has 32 heavy (non-hydrogen) atoms. The third kappa shape index (κ3) is 4.36. The van der Waals surface area contributed by atoms with Gasteiger partial charge in [-0.25, -0.2) is 4.98 Å². The number of morpholine rings is 1. The van der Waals surface area contributed by atoms with Crippen LogP contribution in [0.2, 0.25) is 0 Å². The molecular weight excluding hydrogens is 416 g/mol. The standard InChI is InChI=1S/C26H28N4OS/c1-3-26-27-24-18-22(29-14-16-31-17-15-29)10-13-25(24)30(26)21-8-6-20(7-9-21)28-32-23-11-4-19(2)5-12-23/h1,4,6-11,13,18-19,23,28H,5,12,14-17H2,2H3/t19-,23?/m0/s1. The average molecular weight is 445 g/mol. The minimum Gasteiger partial charge on any atom is -0.378 e. The van der Waals surface area contributed by atoms with Crippen molar-refractivity contribution in [3.8, 4) is 18.0 Å². The molecule has 5 nitrogen and oxygen atoms in total. The summed E-state index contributed by atoms with van der Waals surface area (Å²) in [6, 6.07) is 14.8. The van der Waals surface area contributed by atoms with Crippen LogP contribution in [0.15, 0.2) is 54.6 Å². The number of hydrogen-bond donors (Lipinski definition) is 1. The molecule has 2 heterocycles. The zero-order valence-electron chi connectivity index (χ0n) is 18.3. The van der Waals surface area contributed by atoms with E-state index in [0.717, 1.165) is 54.4 Å². The first-order valence-corrected chi connectivity index (χ1v) is 12.1. The summed E-state index contributed by atoms with van der Waals surface area (Å²) in [5, 5.41) is 0.525. The Balaban J connectivity index is 1.36. The SMILES string of the molecule is C#Cc1nc2cc(N3CCOCC3)ccc2n1-c1ccc(NSC2C=C[C@H](C)CC2)cc1. The van der Waals surface area contributed by atoms with Crippen molar-refractivity contribution in [2.45, 2.75) is 25.0 Å². The van der Waals surface area contributed by atoms with Gasteiger partial charge in [-0.05, 0) is 79.1 Å². The molecule has 164 valence electrons. The highest BCUT2D eigenvalue weighted by Crippen LogP contribution is 2.29. The molecule has 1 fully saturated rings. The van der Waals surface area contributed by atoms with Crippen molar-refractivity contribution in [2.75, 3.05) is 35.9 Å². The maximum absolute atomic E-state index is 5.82. The highest BCUT2D eigenvalue weighted by molar-refractivity contribution is 8.01. The molecule has 1 N–H and O–H groups in total. The lowest BCUT2D eigenvalue weighted by atomic mass is 9.98. The first-order valence-electron chi connectivity index (χ1n) is 11.2. The number of allylic oxidation sites excluding steroid dienone is 1. The van der Waals surface area contributed by atoms with Gasteiger partial charge in [0.15, 0.2) is 5.82 Å². The maximum Gasteiger partial charge on any atom is 0.190 e. The van der Waals surface area contributed by atoms with E-state index in [2.05, 4.69) is 81.6 Å². The normalized spacial score (nSPS) is 20.9. The number of terminal acetylenes is 1. The second-order valence-electron chi connectivity index (χ2n) is 8.43. The molecule has 2 aromatic carbocycles. The van der Waals surface area contributed by atoms with Crippen LogP contribution >= 0.6 is 11.9 Å². The fourth-order valence-corrected chi connectivity index (χ4v) is 5.15. The number of hydrogen-bond acceptors (Lipinski definition) is 5. The van der Waals surface area contributed by atoms with E-state index in [1.807, 2.05) is 0 Å². The van der Waals surface area contributed by atoms with Gasteiger partial charge < -0.3 is 14.4 Å². The Morgan fingerprint density at radius 2 is 1.84 bits per heavy atom. The molecule has 6 heteroatoms. The Morgan fingerprint density at radius 3 is 2.56 bits per heavy atom. The van der Waals surface area contributed by atoms with Gasteiger partial charge in [0.2, 0.25) is 0 Å². The molecule has 0 saturated carbocycles. The van der Waals surface area contributed by atoms with Crippen LogP contribution in [-0.4, -0.2) is 41.1 Å². The Labute approximate surface area is 194 Å². The lowest BCUT2D eigenvalue weighted by Crippen LogP contribution is -2.36. The zero-order chi connectivity index (χ0) is 21.9. The fourth-order valence-electron chi connectivity index (χ4n) is 4.30. The summed E-state index contributed by atoms with van der Waals surface area (Å²) in [5.41, 5.74) is 5.20. The molecular formula is C26H28N4OS. The molecule has 2 atom stereocenters. The molecule has 1 saturated heterocycles. The molecule has 0 radical (unpaired) electrons. The van der Waals surface area contributed by atoms with Crippen molar-refractivity contribution < 1.29 is 4.74 Å². The number of imidazole rings is 1. The molecule has 3 aromatic rings. The number of nitrogens with zero attached hydrogens (tertiary/aromatic N) is 3. The van der Waals surface area contributed by atoms with Gasteiger partial charge in [-0.1, -0.05) is 19.1 Å². The summed E-state index contributed by atoms with van der Waals surface area (Å²) < 4.78 is 11.0. The van der Waals surface area contributed by atoms with Crippen molar-refractivity contribution in [2.24, 2.45) is 5.92 Å². The third-order valence-corrected chi connectivity index (χ3v) is 7.21. The van der Waals surface area contributed by atoms with E-state index in [1.54, 1.807) is 11.9 Å². The lowest BCUT2D eigenvalue weighted by Gasteiger charge is -2.28. The topological polar surface area (TPSA) is 42.3 Å². The second kappa shape index (κ2) is 9.32. The minimum absolute atomic E-state index is 0.525. The number of rotatable bonds is 5. The average Bonchev–Trinajstić information content (AvgIpc) is 3.22. The number of benzene rings is 2. The predicted molar refractivity (Wildman–Crippen MR) is 135 cm³/mol. The monoisotopic (exact) mass is 444 g/mol.